The minimum absolute atomic E-state index is 0.0323. The third-order valence-electron chi connectivity index (χ3n) is 5.33. The average molecular weight is 434 g/mol. The van der Waals surface area contributed by atoms with Gasteiger partial charge in [0.2, 0.25) is 11.8 Å². The van der Waals surface area contributed by atoms with Crippen molar-refractivity contribution in [3.8, 4) is 0 Å². The van der Waals surface area contributed by atoms with Crippen molar-refractivity contribution in [2.45, 2.75) is 32.9 Å². The van der Waals surface area contributed by atoms with Crippen molar-refractivity contribution in [2.75, 3.05) is 25.0 Å². The first-order valence-electron chi connectivity index (χ1n) is 9.74. The summed E-state index contributed by atoms with van der Waals surface area (Å²) >= 11 is 12.3. The van der Waals surface area contributed by atoms with Crippen LogP contribution in [0.25, 0.3) is 0 Å². The summed E-state index contributed by atoms with van der Waals surface area (Å²) in [5.41, 5.74) is 2.88. The van der Waals surface area contributed by atoms with Gasteiger partial charge in [-0.05, 0) is 43.1 Å². The molecular weight excluding hydrogens is 409 g/mol. The molecule has 0 saturated heterocycles. The van der Waals surface area contributed by atoms with E-state index in [1.165, 1.54) is 11.1 Å². The fourth-order valence-electron chi connectivity index (χ4n) is 3.61. The zero-order valence-electron chi connectivity index (χ0n) is 16.6. The minimum atomic E-state index is -0.405. The number of hydrogen-bond donors (Lipinski definition) is 1. The molecule has 29 heavy (non-hydrogen) atoms. The predicted molar refractivity (Wildman–Crippen MR) is 117 cm³/mol. The van der Waals surface area contributed by atoms with Gasteiger partial charge in [-0.15, -0.1) is 0 Å². The third kappa shape index (κ3) is 5.10. The molecule has 1 unspecified atom stereocenters. The Labute approximate surface area is 181 Å². The first-order valence-corrected chi connectivity index (χ1v) is 10.5. The highest BCUT2D eigenvalue weighted by Gasteiger charge is 2.29. The van der Waals surface area contributed by atoms with E-state index in [9.17, 15) is 9.59 Å². The molecule has 1 atom stereocenters. The lowest BCUT2D eigenvalue weighted by molar-refractivity contribution is -0.137. The summed E-state index contributed by atoms with van der Waals surface area (Å²) in [4.78, 5) is 29.3. The normalized spacial score (nSPS) is 14.4. The zero-order chi connectivity index (χ0) is 21.0. The van der Waals surface area contributed by atoms with E-state index in [4.69, 9.17) is 23.2 Å². The van der Waals surface area contributed by atoms with E-state index in [2.05, 4.69) is 17.4 Å². The van der Waals surface area contributed by atoms with Crippen molar-refractivity contribution in [3.05, 3.63) is 63.6 Å². The molecule has 1 aliphatic rings. The maximum atomic E-state index is 13.1. The number of nitrogens with zero attached hydrogens (tertiary/aromatic N) is 2. The van der Waals surface area contributed by atoms with Crippen molar-refractivity contribution in [3.63, 3.8) is 0 Å². The van der Waals surface area contributed by atoms with E-state index in [0.717, 1.165) is 6.42 Å². The molecule has 0 spiro atoms. The lowest BCUT2D eigenvalue weighted by Crippen LogP contribution is -2.50. The number of hydrogen-bond acceptors (Lipinski definition) is 3. The molecule has 154 valence electrons. The van der Waals surface area contributed by atoms with E-state index in [1.807, 2.05) is 35.8 Å². The van der Waals surface area contributed by atoms with Gasteiger partial charge in [0.05, 0.1) is 28.3 Å². The average Bonchev–Trinajstić information content (AvgIpc) is 2.73. The molecule has 0 radical (unpaired) electrons. The summed E-state index contributed by atoms with van der Waals surface area (Å²) in [6.45, 7) is 5.74. The van der Waals surface area contributed by atoms with Crippen molar-refractivity contribution in [1.82, 2.24) is 9.80 Å². The van der Waals surface area contributed by atoms with E-state index in [0.29, 0.717) is 35.4 Å². The van der Waals surface area contributed by atoms with Crippen LogP contribution in [0, 0.1) is 0 Å². The number of benzene rings is 2. The standard InChI is InChI=1S/C22H25Cl2N3O2/c1-3-26(14-20(28)25-21-18(23)9-6-10-19(21)24)15(2)22(29)27-12-11-16-7-4-5-8-17(16)13-27/h4-10,15H,3,11-14H2,1-2H3,(H,25,28). The Hall–Kier alpha value is -2.08. The van der Waals surface area contributed by atoms with Crippen molar-refractivity contribution >= 4 is 40.7 Å². The molecule has 2 aromatic rings. The van der Waals surface area contributed by atoms with Gasteiger partial charge < -0.3 is 10.2 Å². The summed E-state index contributed by atoms with van der Waals surface area (Å²) < 4.78 is 0. The highest BCUT2D eigenvalue weighted by molar-refractivity contribution is 6.39. The van der Waals surface area contributed by atoms with Crippen LogP contribution in [-0.4, -0.2) is 47.3 Å². The number of fused-ring (bicyclic) bond motifs is 1. The zero-order valence-corrected chi connectivity index (χ0v) is 18.1. The molecule has 1 heterocycles. The molecule has 7 heteroatoms. The second-order valence-electron chi connectivity index (χ2n) is 7.16. The van der Waals surface area contributed by atoms with Crippen LogP contribution in [-0.2, 0) is 22.6 Å². The first-order chi connectivity index (χ1) is 13.9. The van der Waals surface area contributed by atoms with Crippen molar-refractivity contribution in [1.29, 1.82) is 0 Å². The number of amides is 2. The number of rotatable bonds is 6. The van der Waals surface area contributed by atoms with E-state index in [-0.39, 0.29) is 18.4 Å². The molecule has 1 N–H and O–H groups in total. The first kappa shape index (κ1) is 21.6. The molecule has 0 saturated carbocycles. The monoisotopic (exact) mass is 433 g/mol. The number of carbonyl (C=O) groups is 2. The van der Waals surface area contributed by atoms with Crippen molar-refractivity contribution in [2.24, 2.45) is 0 Å². The van der Waals surface area contributed by atoms with Gasteiger partial charge in [0.15, 0.2) is 0 Å². The number of para-hydroxylation sites is 1. The van der Waals surface area contributed by atoms with Gasteiger partial charge in [0.25, 0.3) is 0 Å². The van der Waals surface area contributed by atoms with E-state index in [1.54, 1.807) is 18.2 Å². The molecule has 2 aromatic carbocycles. The van der Waals surface area contributed by atoms with E-state index >= 15 is 0 Å². The third-order valence-corrected chi connectivity index (χ3v) is 5.96. The number of carbonyl (C=O) groups excluding carboxylic acids is 2. The fourth-order valence-corrected chi connectivity index (χ4v) is 4.10. The number of nitrogens with one attached hydrogen (secondary N) is 1. The summed E-state index contributed by atoms with van der Waals surface area (Å²) in [5.74, 6) is -0.226. The summed E-state index contributed by atoms with van der Waals surface area (Å²) in [7, 11) is 0. The number of likely N-dealkylation sites (N-methyl/N-ethyl adjacent to an activating group) is 1. The number of anilines is 1. The van der Waals surface area contributed by atoms with Crippen LogP contribution in [0.4, 0.5) is 5.69 Å². The SMILES string of the molecule is CCN(CC(=O)Nc1c(Cl)cccc1Cl)C(C)C(=O)N1CCc2ccccc2C1. The van der Waals surface area contributed by atoms with Gasteiger partial charge >= 0.3 is 0 Å². The van der Waals surface area contributed by atoms with Crippen LogP contribution in [0.2, 0.25) is 10.0 Å². The Bertz CT molecular complexity index is 883. The molecule has 0 aromatic heterocycles. The molecule has 0 aliphatic carbocycles. The molecule has 3 rings (SSSR count). The Morgan fingerprint density at radius 1 is 1.10 bits per heavy atom. The topological polar surface area (TPSA) is 52.7 Å². The van der Waals surface area contributed by atoms with Gasteiger partial charge in [-0.25, -0.2) is 0 Å². The Kier molecular flexibility index (Phi) is 7.17. The van der Waals surface area contributed by atoms with Crippen molar-refractivity contribution < 1.29 is 9.59 Å². The fraction of sp³-hybridized carbons (Fsp3) is 0.364. The maximum absolute atomic E-state index is 13.1. The highest BCUT2D eigenvalue weighted by Crippen LogP contribution is 2.29. The molecule has 1 aliphatic heterocycles. The Balaban J connectivity index is 1.63. The van der Waals surface area contributed by atoms with Crippen LogP contribution in [0.5, 0.6) is 0 Å². The lowest BCUT2D eigenvalue weighted by Gasteiger charge is -2.34. The van der Waals surface area contributed by atoms with Crippen LogP contribution >= 0.6 is 23.2 Å². The second-order valence-corrected chi connectivity index (χ2v) is 7.98. The number of halogens is 2. The van der Waals surface area contributed by atoms with Crippen LogP contribution in [0.1, 0.15) is 25.0 Å². The molecule has 2 amide bonds. The summed E-state index contributed by atoms with van der Waals surface area (Å²) in [6, 6.07) is 12.9. The largest absolute Gasteiger partial charge is 0.337 e. The van der Waals surface area contributed by atoms with Crippen LogP contribution in [0.15, 0.2) is 42.5 Å². The molecule has 5 nitrogen and oxygen atoms in total. The predicted octanol–water partition coefficient (Wildman–Crippen LogP) is 4.23. The summed E-state index contributed by atoms with van der Waals surface area (Å²) in [5, 5.41) is 3.52. The second kappa shape index (κ2) is 9.61. The van der Waals surface area contributed by atoms with Crippen LogP contribution in [0.3, 0.4) is 0 Å². The smallest absolute Gasteiger partial charge is 0.239 e. The van der Waals surface area contributed by atoms with Gasteiger partial charge in [-0.1, -0.05) is 60.5 Å². The Morgan fingerprint density at radius 2 is 1.76 bits per heavy atom. The van der Waals surface area contributed by atoms with Crippen LogP contribution < -0.4 is 5.32 Å². The van der Waals surface area contributed by atoms with Gasteiger partial charge in [0, 0.05) is 13.1 Å². The Morgan fingerprint density at radius 3 is 2.41 bits per heavy atom. The van der Waals surface area contributed by atoms with E-state index < -0.39 is 6.04 Å². The van der Waals surface area contributed by atoms with Gasteiger partial charge in [-0.2, -0.15) is 0 Å². The minimum Gasteiger partial charge on any atom is -0.337 e. The molecular formula is C22H25Cl2N3O2. The quantitative estimate of drug-likeness (QED) is 0.741. The molecule has 0 fully saturated rings. The molecule has 0 bridgehead atoms. The lowest BCUT2D eigenvalue weighted by atomic mass is 9.99. The summed E-state index contributed by atoms with van der Waals surface area (Å²) in [6.07, 6.45) is 0.853. The van der Waals surface area contributed by atoms with Gasteiger partial charge in [-0.3, -0.25) is 14.5 Å². The highest BCUT2D eigenvalue weighted by atomic mass is 35.5. The van der Waals surface area contributed by atoms with Gasteiger partial charge in [0.1, 0.15) is 0 Å². The maximum Gasteiger partial charge on any atom is 0.239 e.